The Balaban J connectivity index is 2.40. The molecule has 1 atom stereocenters. The molecule has 7 heavy (non-hydrogen) atoms. The Morgan fingerprint density at radius 3 is 2.71 bits per heavy atom. The summed E-state index contributed by atoms with van der Waals surface area (Å²) >= 11 is 4.77. The van der Waals surface area contributed by atoms with E-state index in [0.29, 0.717) is 6.04 Å². The van der Waals surface area contributed by atoms with Gasteiger partial charge in [-0.15, -0.1) is 0 Å². The molecule has 1 aliphatic rings. The minimum absolute atomic E-state index is 0.521. The van der Waals surface area contributed by atoms with E-state index in [9.17, 15) is 0 Å². The fourth-order valence-electron chi connectivity index (χ4n) is 0.572. The standard InChI is InChI=1S/C4H8N2S/c1-3-2-5-4(7)6-3/h3H,2H2,1H3,(H2,5,6,7). The van der Waals surface area contributed by atoms with Crippen LogP contribution in [0.5, 0.6) is 0 Å². The van der Waals surface area contributed by atoms with E-state index in [0.717, 1.165) is 11.7 Å². The first-order chi connectivity index (χ1) is 3.29. The molecule has 1 aliphatic heterocycles. The molecule has 0 radical (unpaired) electrons. The smallest absolute Gasteiger partial charge is 0.166 e. The van der Waals surface area contributed by atoms with E-state index in [1.165, 1.54) is 0 Å². The summed E-state index contributed by atoms with van der Waals surface area (Å²) < 4.78 is 0. The zero-order valence-corrected chi connectivity index (χ0v) is 5.01. The fourth-order valence-corrected chi connectivity index (χ4v) is 0.856. The van der Waals surface area contributed by atoms with Crippen molar-refractivity contribution >= 4 is 17.3 Å². The highest BCUT2D eigenvalue weighted by Gasteiger charge is 2.09. The van der Waals surface area contributed by atoms with Crippen LogP contribution in [0, 0.1) is 0 Å². The topological polar surface area (TPSA) is 24.1 Å². The van der Waals surface area contributed by atoms with Crippen molar-refractivity contribution in [2.24, 2.45) is 0 Å². The molecule has 0 bridgehead atoms. The maximum Gasteiger partial charge on any atom is 0.166 e. The van der Waals surface area contributed by atoms with Gasteiger partial charge in [0.05, 0.1) is 0 Å². The SMILES string of the molecule is CC1CNC(=S)N1. The van der Waals surface area contributed by atoms with Crippen LogP contribution in [0.3, 0.4) is 0 Å². The van der Waals surface area contributed by atoms with E-state index < -0.39 is 0 Å². The first-order valence-electron chi connectivity index (χ1n) is 2.33. The normalized spacial score (nSPS) is 29.3. The molecule has 0 aromatic carbocycles. The number of rotatable bonds is 0. The number of thiocarbonyl (C=S) groups is 1. The Hall–Kier alpha value is -0.310. The third-order valence-corrected chi connectivity index (χ3v) is 1.21. The van der Waals surface area contributed by atoms with Gasteiger partial charge in [0.1, 0.15) is 0 Å². The molecule has 40 valence electrons. The lowest BCUT2D eigenvalue weighted by molar-refractivity contribution is 0.723. The molecule has 1 saturated heterocycles. The lowest BCUT2D eigenvalue weighted by atomic mass is 10.4. The molecule has 1 fully saturated rings. The van der Waals surface area contributed by atoms with Gasteiger partial charge in [0, 0.05) is 12.6 Å². The van der Waals surface area contributed by atoms with Crippen molar-refractivity contribution in [2.45, 2.75) is 13.0 Å². The Morgan fingerprint density at radius 2 is 2.57 bits per heavy atom. The van der Waals surface area contributed by atoms with E-state index in [1.54, 1.807) is 0 Å². The second-order valence-electron chi connectivity index (χ2n) is 1.76. The van der Waals surface area contributed by atoms with Crippen molar-refractivity contribution in [3.05, 3.63) is 0 Å². The average Bonchev–Trinajstić information content (AvgIpc) is 1.87. The highest BCUT2D eigenvalue weighted by molar-refractivity contribution is 7.80. The third-order valence-electron chi connectivity index (χ3n) is 0.946. The molecule has 0 spiro atoms. The zero-order valence-electron chi connectivity index (χ0n) is 4.19. The number of nitrogens with one attached hydrogen (secondary N) is 2. The van der Waals surface area contributed by atoms with Gasteiger partial charge in [0.15, 0.2) is 5.11 Å². The summed E-state index contributed by atoms with van der Waals surface area (Å²) in [4.78, 5) is 0. The van der Waals surface area contributed by atoms with Crippen molar-refractivity contribution in [3.63, 3.8) is 0 Å². The lowest BCUT2D eigenvalue weighted by Gasteiger charge is -1.94. The van der Waals surface area contributed by atoms with Crippen LogP contribution in [0.2, 0.25) is 0 Å². The largest absolute Gasteiger partial charge is 0.361 e. The van der Waals surface area contributed by atoms with E-state index in [1.807, 2.05) is 0 Å². The summed E-state index contributed by atoms with van der Waals surface area (Å²) in [7, 11) is 0. The molecular weight excluding hydrogens is 108 g/mol. The third kappa shape index (κ3) is 1.03. The molecule has 1 heterocycles. The van der Waals surface area contributed by atoms with Crippen LogP contribution >= 0.6 is 12.2 Å². The van der Waals surface area contributed by atoms with E-state index in [2.05, 4.69) is 17.6 Å². The lowest BCUT2D eigenvalue weighted by Crippen LogP contribution is -2.23. The Bertz CT molecular complexity index is 91.7. The average molecular weight is 116 g/mol. The van der Waals surface area contributed by atoms with Gasteiger partial charge in [-0.3, -0.25) is 0 Å². The summed E-state index contributed by atoms with van der Waals surface area (Å²) in [5.41, 5.74) is 0. The minimum Gasteiger partial charge on any atom is -0.361 e. The Labute approximate surface area is 48.3 Å². The summed E-state index contributed by atoms with van der Waals surface area (Å²) in [5.74, 6) is 0. The molecular formula is C4H8N2S. The van der Waals surface area contributed by atoms with Gasteiger partial charge < -0.3 is 10.6 Å². The predicted molar refractivity (Wildman–Crippen MR) is 33.2 cm³/mol. The van der Waals surface area contributed by atoms with Gasteiger partial charge in [-0.25, -0.2) is 0 Å². The van der Waals surface area contributed by atoms with Crippen molar-refractivity contribution in [1.82, 2.24) is 10.6 Å². The van der Waals surface area contributed by atoms with Crippen LogP contribution in [0.1, 0.15) is 6.92 Å². The quantitative estimate of drug-likeness (QED) is 0.430. The van der Waals surface area contributed by atoms with Gasteiger partial charge >= 0.3 is 0 Å². The van der Waals surface area contributed by atoms with Gasteiger partial charge in [-0.2, -0.15) is 0 Å². The molecule has 0 saturated carbocycles. The van der Waals surface area contributed by atoms with E-state index in [-0.39, 0.29) is 0 Å². The molecule has 0 aromatic heterocycles. The molecule has 0 aliphatic carbocycles. The van der Waals surface area contributed by atoms with Crippen LogP contribution in [-0.2, 0) is 0 Å². The highest BCUT2D eigenvalue weighted by atomic mass is 32.1. The van der Waals surface area contributed by atoms with Crippen molar-refractivity contribution < 1.29 is 0 Å². The first kappa shape index (κ1) is 4.84. The van der Waals surface area contributed by atoms with Gasteiger partial charge in [-0.1, -0.05) is 0 Å². The summed E-state index contributed by atoms with van der Waals surface area (Å²) in [6, 6.07) is 0.521. The van der Waals surface area contributed by atoms with Crippen molar-refractivity contribution in [3.8, 4) is 0 Å². The van der Waals surface area contributed by atoms with Crippen LogP contribution in [0.15, 0.2) is 0 Å². The molecule has 3 heteroatoms. The fraction of sp³-hybridized carbons (Fsp3) is 0.750. The molecule has 0 aromatic rings. The van der Waals surface area contributed by atoms with Crippen LogP contribution in [-0.4, -0.2) is 17.7 Å². The van der Waals surface area contributed by atoms with E-state index >= 15 is 0 Å². The maximum atomic E-state index is 4.77. The minimum atomic E-state index is 0.521. The number of hydrogen-bond acceptors (Lipinski definition) is 1. The first-order valence-corrected chi connectivity index (χ1v) is 2.74. The monoisotopic (exact) mass is 116 g/mol. The highest BCUT2D eigenvalue weighted by Crippen LogP contribution is 1.85. The molecule has 1 rings (SSSR count). The predicted octanol–water partition coefficient (Wildman–Crippen LogP) is -0.147. The Morgan fingerprint density at radius 1 is 1.86 bits per heavy atom. The second kappa shape index (κ2) is 1.66. The van der Waals surface area contributed by atoms with Gasteiger partial charge in [0.2, 0.25) is 0 Å². The summed E-state index contributed by atoms with van der Waals surface area (Å²) in [6.07, 6.45) is 0. The van der Waals surface area contributed by atoms with Gasteiger partial charge in [-0.05, 0) is 19.1 Å². The molecule has 0 amide bonds. The van der Waals surface area contributed by atoms with Crippen LogP contribution in [0.25, 0.3) is 0 Å². The molecule has 1 unspecified atom stereocenters. The second-order valence-corrected chi connectivity index (χ2v) is 2.16. The van der Waals surface area contributed by atoms with Crippen molar-refractivity contribution in [2.75, 3.05) is 6.54 Å². The zero-order chi connectivity index (χ0) is 5.28. The molecule has 2 nitrogen and oxygen atoms in total. The maximum absolute atomic E-state index is 4.77. The molecule has 2 N–H and O–H groups in total. The van der Waals surface area contributed by atoms with Gasteiger partial charge in [0.25, 0.3) is 0 Å². The Kier molecular flexibility index (Phi) is 1.15. The summed E-state index contributed by atoms with van der Waals surface area (Å²) in [5, 5.41) is 6.81. The van der Waals surface area contributed by atoms with Crippen LogP contribution in [0.4, 0.5) is 0 Å². The summed E-state index contributed by atoms with van der Waals surface area (Å²) in [6.45, 7) is 3.06. The van der Waals surface area contributed by atoms with Crippen molar-refractivity contribution in [1.29, 1.82) is 0 Å². The van der Waals surface area contributed by atoms with Crippen LogP contribution < -0.4 is 10.6 Å². The van der Waals surface area contributed by atoms with E-state index in [4.69, 9.17) is 12.2 Å². The number of hydrogen-bond donors (Lipinski definition) is 2.